The van der Waals surface area contributed by atoms with E-state index in [0.717, 1.165) is 0 Å². The van der Waals surface area contributed by atoms with Gasteiger partial charge in [-0.1, -0.05) is 112 Å². The first-order chi connectivity index (χ1) is 13.1. The molecule has 0 saturated heterocycles. The summed E-state index contributed by atoms with van der Waals surface area (Å²) < 4.78 is 2.68. The van der Waals surface area contributed by atoms with Crippen LogP contribution in [-0.2, 0) is 0 Å². The molecule has 5 atom stereocenters. The third-order valence-corrected chi connectivity index (χ3v) is 10.2. The summed E-state index contributed by atoms with van der Waals surface area (Å²) >= 11 is 8.10. The number of hydrogen-bond acceptors (Lipinski definition) is 0. The number of halogens is 2. The van der Waals surface area contributed by atoms with Crippen molar-refractivity contribution in [1.82, 2.24) is 0 Å². The minimum atomic E-state index is 0.00369. The van der Waals surface area contributed by atoms with Gasteiger partial charge in [-0.05, 0) is 62.4 Å². The molecule has 2 heteroatoms. The molecule has 0 N–H and O–H groups in total. The van der Waals surface area contributed by atoms with E-state index < -0.39 is 0 Å². The Morgan fingerprint density at radius 3 is 2.10 bits per heavy atom. The maximum absolute atomic E-state index is 4.07. The molecule has 0 aromatic heterocycles. The lowest BCUT2D eigenvalue weighted by Crippen LogP contribution is -2.57. The molecule has 1 fully saturated rings. The van der Waals surface area contributed by atoms with Crippen LogP contribution in [0.1, 0.15) is 68.7 Å². The van der Waals surface area contributed by atoms with Crippen LogP contribution in [0.4, 0.5) is 0 Å². The predicted molar refractivity (Wildman–Crippen MR) is 133 cm³/mol. The van der Waals surface area contributed by atoms with E-state index in [1.807, 2.05) is 0 Å². The van der Waals surface area contributed by atoms with Gasteiger partial charge in [0.1, 0.15) is 0 Å². The number of hydrogen-bond donors (Lipinski definition) is 0. The smallest absolute Gasteiger partial charge is 0.0283 e. The van der Waals surface area contributed by atoms with E-state index >= 15 is 0 Å². The lowest BCUT2D eigenvalue weighted by atomic mass is 9.39. The summed E-state index contributed by atoms with van der Waals surface area (Å²) in [5.74, 6) is 1.78. The first-order valence-electron chi connectivity index (χ1n) is 11.1. The molecular weight excluding hydrogens is 484 g/mol. The van der Waals surface area contributed by atoms with E-state index in [-0.39, 0.29) is 16.2 Å². The largest absolute Gasteiger partial charge is 0.0599 e. The Balaban J connectivity index is 2.04. The van der Waals surface area contributed by atoms with Gasteiger partial charge < -0.3 is 0 Å². The van der Waals surface area contributed by atoms with Crippen molar-refractivity contribution in [2.24, 2.45) is 39.4 Å². The first kappa shape index (κ1) is 21.9. The molecule has 0 amide bonds. The van der Waals surface area contributed by atoms with Crippen molar-refractivity contribution in [2.75, 3.05) is 0 Å². The Hall–Kier alpha value is -0.340. The van der Waals surface area contributed by atoms with Gasteiger partial charge in [0, 0.05) is 21.2 Å². The Labute approximate surface area is 194 Å². The lowest BCUT2D eigenvalue weighted by molar-refractivity contribution is 0.0122. The quantitative estimate of drug-likeness (QED) is 0.299. The van der Waals surface area contributed by atoms with Gasteiger partial charge in [0.2, 0.25) is 0 Å². The highest BCUT2D eigenvalue weighted by molar-refractivity contribution is 9.12. The van der Waals surface area contributed by atoms with Crippen molar-refractivity contribution < 1.29 is 0 Å². The van der Waals surface area contributed by atoms with Gasteiger partial charge in [-0.2, -0.15) is 0 Å². The zero-order valence-corrected chi connectivity index (χ0v) is 22.7. The lowest BCUT2D eigenvalue weighted by Gasteiger charge is -2.65. The molecule has 0 heterocycles. The summed E-state index contributed by atoms with van der Waals surface area (Å²) in [6, 6.07) is 0. The average Bonchev–Trinajstić information content (AvgIpc) is 2.55. The van der Waals surface area contributed by atoms with Crippen LogP contribution in [0.15, 0.2) is 55.6 Å². The zero-order valence-electron chi connectivity index (χ0n) is 19.5. The van der Waals surface area contributed by atoms with Crippen LogP contribution in [0.5, 0.6) is 0 Å². The topological polar surface area (TPSA) is 0 Å². The van der Waals surface area contributed by atoms with Crippen LogP contribution < -0.4 is 0 Å². The van der Waals surface area contributed by atoms with Crippen molar-refractivity contribution in [3.63, 3.8) is 0 Å². The summed E-state index contributed by atoms with van der Waals surface area (Å²) in [5.41, 5.74) is 6.52. The minimum Gasteiger partial charge on any atom is -0.0599 e. The molecule has 0 nitrogen and oxygen atoms in total. The molecule has 4 aliphatic rings. The highest BCUT2D eigenvalue weighted by Gasteiger charge is 2.64. The molecule has 3 unspecified atom stereocenters. The Morgan fingerprint density at radius 2 is 1.55 bits per heavy atom. The van der Waals surface area contributed by atoms with Crippen LogP contribution in [0.25, 0.3) is 0 Å². The minimum absolute atomic E-state index is 0.00369. The Kier molecular flexibility index (Phi) is 4.79. The van der Waals surface area contributed by atoms with Crippen molar-refractivity contribution in [2.45, 2.75) is 68.7 Å². The van der Waals surface area contributed by atoms with Gasteiger partial charge in [0.15, 0.2) is 0 Å². The average molecular weight is 520 g/mol. The number of rotatable bonds is 0. The fraction of sp³-hybridized carbons (Fsp3) is 0.630. The molecule has 0 spiro atoms. The van der Waals surface area contributed by atoms with E-state index in [4.69, 9.17) is 0 Å². The third-order valence-electron chi connectivity index (χ3n) is 8.79. The Bertz CT molecular complexity index is 925. The molecule has 0 radical (unpaired) electrons. The second kappa shape index (κ2) is 6.35. The van der Waals surface area contributed by atoms with Gasteiger partial charge in [-0.3, -0.25) is 0 Å². The van der Waals surface area contributed by atoms with Crippen molar-refractivity contribution in [1.29, 1.82) is 0 Å². The highest BCUT2D eigenvalue weighted by Crippen LogP contribution is 2.73. The summed E-state index contributed by atoms with van der Waals surface area (Å²) in [7, 11) is 0. The van der Waals surface area contributed by atoms with Gasteiger partial charge in [-0.15, -0.1) is 0 Å². The predicted octanol–water partition coefficient (Wildman–Crippen LogP) is 9.11. The van der Waals surface area contributed by atoms with Crippen LogP contribution in [0.3, 0.4) is 0 Å². The fourth-order valence-corrected chi connectivity index (χ4v) is 8.42. The fourth-order valence-electron chi connectivity index (χ4n) is 6.77. The van der Waals surface area contributed by atoms with E-state index in [9.17, 15) is 0 Å². The molecule has 0 aromatic carbocycles. The van der Waals surface area contributed by atoms with Gasteiger partial charge in [0.05, 0.1) is 0 Å². The molecule has 4 aliphatic carbocycles. The summed E-state index contributed by atoms with van der Waals surface area (Å²) in [5, 5.41) is 0. The van der Waals surface area contributed by atoms with E-state index in [0.29, 0.717) is 23.2 Å². The zero-order chi connectivity index (χ0) is 21.7. The van der Waals surface area contributed by atoms with Gasteiger partial charge in [-0.25, -0.2) is 0 Å². The maximum atomic E-state index is 4.07. The van der Waals surface area contributed by atoms with E-state index in [1.54, 1.807) is 5.57 Å². The van der Waals surface area contributed by atoms with E-state index in [2.05, 4.69) is 118 Å². The second-order valence-corrected chi connectivity index (χ2v) is 14.0. The molecule has 1 saturated carbocycles. The summed E-state index contributed by atoms with van der Waals surface area (Å²) in [6.07, 6.45) is 11.2. The van der Waals surface area contributed by atoms with Crippen molar-refractivity contribution in [3.8, 4) is 0 Å². The molecule has 0 aliphatic heterocycles. The van der Waals surface area contributed by atoms with Crippen molar-refractivity contribution in [3.05, 3.63) is 55.6 Å². The molecular formula is C27H36Br2. The summed E-state index contributed by atoms with van der Waals surface area (Å²) in [4.78, 5) is 0. The third kappa shape index (κ3) is 2.80. The first-order valence-corrected chi connectivity index (χ1v) is 12.7. The SMILES string of the molecule is CC1C2=CC(Br)=C3C=C(C(C)(C)C)C=C4C=C(Br)C(CC1C(C)(C)C)[C@@]2(C)[C@]43C. The highest BCUT2D eigenvalue weighted by atomic mass is 79.9. The Morgan fingerprint density at radius 1 is 0.931 bits per heavy atom. The second-order valence-electron chi connectivity index (χ2n) is 12.2. The van der Waals surface area contributed by atoms with Gasteiger partial charge in [0.25, 0.3) is 0 Å². The summed E-state index contributed by atoms with van der Waals surface area (Å²) in [6.45, 7) is 21.8. The van der Waals surface area contributed by atoms with Crippen molar-refractivity contribution >= 4 is 31.9 Å². The molecule has 158 valence electrons. The standard InChI is InChI=1S/C27H36Br2/c1-15-18(25(5,6)7)13-21-22(28)12-17-10-16(24(2,3)4)11-20-23(29)14-19(15)27(21,9)26(17,20)8/h10-12,14-15,18,21H,13H2,1-9H3/t15?,18?,21?,26-,27+/m1/s1. The van der Waals surface area contributed by atoms with Crippen LogP contribution in [-0.4, -0.2) is 0 Å². The van der Waals surface area contributed by atoms with Crippen LogP contribution in [0.2, 0.25) is 0 Å². The number of allylic oxidation sites excluding steroid dienone is 10. The van der Waals surface area contributed by atoms with Gasteiger partial charge >= 0.3 is 0 Å². The molecule has 0 bridgehead atoms. The molecule has 29 heavy (non-hydrogen) atoms. The monoisotopic (exact) mass is 518 g/mol. The maximum Gasteiger partial charge on any atom is 0.0283 e. The normalized spacial score (nSPS) is 39.3. The molecule has 4 rings (SSSR count). The van der Waals surface area contributed by atoms with Crippen LogP contribution in [0, 0.1) is 39.4 Å². The molecule has 0 aromatic rings. The van der Waals surface area contributed by atoms with Crippen LogP contribution >= 0.6 is 31.9 Å². The van der Waals surface area contributed by atoms with E-state index in [1.165, 1.54) is 32.1 Å².